The summed E-state index contributed by atoms with van der Waals surface area (Å²) in [5.41, 5.74) is 13.2. The number of hydrogen-bond donors (Lipinski definition) is 4. The van der Waals surface area contributed by atoms with Gasteiger partial charge in [0.2, 0.25) is 0 Å². The molecular formula is C13H14N6O2. The van der Waals surface area contributed by atoms with E-state index in [0.717, 1.165) is 5.56 Å². The lowest BCUT2D eigenvalue weighted by molar-refractivity contribution is 0.403. The Kier molecular flexibility index (Phi) is 3.07. The molecule has 2 aliphatic rings. The third-order valence-corrected chi connectivity index (χ3v) is 3.21. The van der Waals surface area contributed by atoms with Gasteiger partial charge >= 0.3 is 0 Å². The molecule has 3 rings (SSSR count). The maximum Gasteiger partial charge on any atom is 0.170 e. The van der Waals surface area contributed by atoms with Crippen LogP contribution >= 0.6 is 0 Å². The van der Waals surface area contributed by atoms with E-state index in [9.17, 15) is 10.2 Å². The van der Waals surface area contributed by atoms with Gasteiger partial charge in [0.15, 0.2) is 28.8 Å². The standard InChI is InChI=1S/C13H14N6O2/c14-2-1-7-3-9(20)10(21)4-8(7)19-6-18-12(15)11-13(19)17-5-16-11/h3-6,20-21H,1-2,14-15H2. The Labute approximate surface area is 120 Å². The Hall–Kier alpha value is -2.87. The molecule has 0 saturated heterocycles. The van der Waals surface area contributed by atoms with Gasteiger partial charge < -0.3 is 21.7 Å². The highest BCUT2D eigenvalue weighted by Crippen LogP contribution is 2.33. The van der Waals surface area contributed by atoms with Gasteiger partial charge in [0.05, 0.1) is 5.69 Å². The third kappa shape index (κ3) is 2.11. The molecule has 2 aliphatic heterocycles. The molecule has 21 heavy (non-hydrogen) atoms. The van der Waals surface area contributed by atoms with Crippen molar-refractivity contribution in [3.63, 3.8) is 0 Å². The van der Waals surface area contributed by atoms with Gasteiger partial charge in [0.1, 0.15) is 12.7 Å². The Balaban J connectivity index is 2.25. The summed E-state index contributed by atoms with van der Waals surface area (Å²) in [7, 11) is 0. The van der Waals surface area contributed by atoms with Crippen LogP contribution in [0, 0.1) is 0 Å². The quantitative estimate of drug-likeness (QED) is 0.507. The van der Waals surface area contributed by atoms with Crippen LogP contribution < -0.4 is 11.5 Å². The number of benzene rings is 1. The van der Waals surface area contributed by atoms with Crippen LogP contribution in [0.3, 0.4) is 0 Å². The summed E-state index contributed by atoms with van der Waals surface area (Å²) in [4.78, 5) is 12.3. The Morgan fingerprint density at radius 3 is 2.62 bits per heavy atom. The Morgan fingerprint density at radius 1 is 1.10 bits per heavy atom. The van der Waals surface area contributed by atoms with Gasteiger partial charge in [-0.15, -0.1) is 0 Å². The molecule has 0 bridgehead atoms. The number of phenols is 2. The number of nitrogen functional groups attached to an aromatic ring is 1. The highest BCUT2D eigenvalue weighted by molar-refractivity contribution is 5.67. The summed E-state index contributed by atoms with van der Waals surface area (Å²) in [6.45, 7) is 0.399. The summed E-state index contributed by atoms with van der Waals surface area (Å²) >= 11 is 0. The van der Waals surface area contributed by atoms with Crippen LogP contribution in [-0.4, -0.2) is 36.3 Å². The summed E-state index contributed by atoms with van der Waals surface area (Å²) in [5, 5.41) is 19.4. The molecule has 0 amide bonds. The zero-order chi connectivity index (χ0) is 15.0. The van der Waals surface area contributed by atoms with Crippen molar-refractivity contribution in [2.24, 2.45) is 5.73 Å². The largest absolute Gasteiger partial charge is 0.504 e. The first kappa shape index (κ1) is 13.1. The van der Waals surface area contributed by atoms with Crippen molar-refractivity contribution in [3.05, 3.63) is 30.4 Å². The molecule has 8 heteroatoms. The number of phenolic OH excluding ortho intramolecular Hbond substituents is 2. The van der Waals surface area contributed by atoms with Gasteiger partial charge in [0.25, 0.3) is 0 Å². The van der Waals surface area contributed by atoms with Crippen LogP contribution in [0.15, 0.2) is 24.8 Å². The molecule has 0 spiro atoms. The minimum absolute atomic E-state index is 0.198. The molecule has 108 valence electrons. The molecule has 6 N–H and O–H groups in total. The Bertz CT molecular complexity index is 770. The lowest BCUT2D eigenvalue weighted by atomic mass is 10.1. The van der Waals surface area contributed by atoms with Gasteiger partial charge in [-0.3, -0.25) is 4.57 Å². The minimum atomic E-state index is -0.234. The summed E-state index contributed by atoms with van der Waals surface area (Å²) < 4.78 is 1.66. The highest BCUT2D eigenvalue weighted by Gasteiger charge is 2.18. The van der Waals surface area contributed by atoms with E-state index in [4.69, 9.17) is 11.5 Å². The number of fused-ring (bicyclic) bond motifs is 1. The number of imidazole rings is 1. The molecular weight excluding hydrogens is 272 g/mol. The average molecular weight is 286 g/mol. The van der Waals surface area contributed by atoms with Crippen molar-refractivity contribution in [2.45, 2.75) is 6.42 Å². The first-order chi connectivity index (χ1) is 10.1. The first-order valence-corrected chi connectivity index (χ1v) is 6.30. The van der Waals surface area contributed by atoms with Gasteiger partial charge in [-0.2, -0.15) is 0 Å². The van der Waals surface area contributed by atoms with E-state index in [1.54, 1.807) is 4.57 Å². The number of aromatic hydroxyl groups is 2. The molecule has 2 heterocycles. The maximum absolute atomic E-state index is 9.76. The molecule has 0 saturated carbocycles. The first-order valence-electron chi connectivity index (χ1n) is 6.30. The van der Waals surface area contributed by atoms with Crippen molar-refractivity contribution in [2.75, 3.05) is 12.3 Å². The predicted octanol–water partition coefficient (Wildman–Crippen LogP) is 0.262. The van der Waals surface area contributed by atoms with E-state index in [1.165, 1.54) is 24.8 Å². The molecule has 0 fully saturated rings. The molecule has 1 aromatic rings. The number of aromatic nitrogens is 4. The SMILES string of the molecule is NCCc1cc(O)c(O)cc1-n1cnc(N)c2ncnc1-2. The third-order valence-electron chi connectivity index (χ3n) is 3.21. The van der Waals surface area contributed by atoms with Gasteiger partial charge in [-0.25, -0.2) is 15.0 Å². The molecule has 8 nitrogen and oxygen atoms in total. The predicted molar refractivity (Wildman–Crippen MR) is 76.3 cm³/mol. The van der Waals surface area contributed by atoms with Crippen molar-refractivity contribution >= 4 is 5.82 Å². The van der Waals surface area contributed by atoms with Crippen molar-refractivity contribution in [1.82, 2.24) is 19.5 Å². The molecule has 0 unspecified atom stereocenters. The topological polar surface area (TPSA) is 136 Å². The average Bonchev–Trinajstić information content (AvgIpc) is 2.94. The van der Waals surface area contributed by atoms with E-state index >= 15 is 0 Å². The fourth-order valence-corrected chi connectivity index (χ4v) is 2.22. The van der Waals surface area contributed by atoms with Crippen LogP contribution in [0.2, 0.25) is 0 Å². The van der Waals surface area contributed by atoms with Crippen molar-refractivity contribution < 1.29 is 10.2 Å². The number of hydrogen-bond acceptors (Lipinski definition) is 7. The maximum atomic E-state index is 9.76. The summed E-state index contributed by atoms with van der Waals surface area (Å²) in [6.07, 6.45) is 3.41. The van der Waals surface area contributed by atoms with E-state index in [2.05, 4.69) is 15.0 Å². The van der Waals surface area contributed by atoms with Crippen LogP contribution in [0.25, 0.3) is 17.2 Å². The van der Waals surface area contributed by atoms with E-state index < -0.39 is 0 Å². The number of nitrogens with zero attached hydrogens (tertiary/aromatic N) is 4. The molecule has 0 atom stereocenters. The Morgan fingerprint density at radius 2 is 1.86 bits per heavy atom. The molecule has 0 aromatic heterocycles. The number of nitrogens with two attached hydrogens (primary N) is 2. The van der Waals surface area contributed by atoms with E-state index in [1.807, 2.05) is 0 Å². The second-order valence-electron chi connectivity index (χ2n) is 4.55. The normalized spacial score (nSPS) is 11.1. The van der Waals surface area contributed by atoms with Crippen LogP contribution in [0.5, 0.6) is 11.5 Å². The number of rotatable bonds is 3. The fraction of sp³-hybridized carbons (Fsp3) is 0.154. The minimum Gasteiger partial charge on any atom is -0.504 e. The van der Waals surface area contributed by atoms with Crippen LogP contribution in [0.4, 0.5) is 5.82 Å². The zero-order valence-corrected chi connectivity index (χ0v) is 11.1. The number of anilines is 1. The van der Waals surface area contributed by atoms with Gasteiger partial charge in [-0.1, -0.05) is 0 Å². The second kappa shape index (κ2) is 4.91. The fourth-order valence-electron chi connectivity index (χ4n) is 2.22. The summed E-state index contributed by atoms with van der Waals surface area (Å²) in [5.74, 6) is 0.367. The van der Waals surface area contributed by atoms with Crippen LogP contribution in [-0.2, 0) is 6.42 Å². The molecule has 0 radical (unpaired) electrons. The second-order valence-corrected chi connectivity index (χ2v) is 4.55. The summed E-state index contributed by atoms with van der Waals surface area (Å²) in [6, 6.07) is 2.91. The van der Waals surface area contributed by atoms with Gasteiger partial charge in [-0.05, 0) is 24.6 Å². The monoisotopic (exact) mass is 286 g/mol. The van der Waals surface area contributed by atoms with E-state index in [0.29, 0.717) is 30.2 Å². The van der Waals surface area contributed by atoms with Crippen molar-refractivity contribution in [1.29, 1.82) is 0 Å². The molecule has 1 aromatic carbocycles. The van der Waals surface area contributed by atoms with Gasteiger partial charge in [0, 0.05) is 6.07 Å². The molecule has 0 aliphatic carbocycles. The smallest absolute Gasteiger partial charge is 0.170 e. The zero-order valence-electron chi connectivity index (χ0n) is 11.1. The van der Waals surface area contributed by atoms with Crippen LogP contribution in [0.1, 0.15) is 5.56 Å². The lowest BCUT2D eigenvalue weighted by Gasteiger charge is -2.16. The van der Waals surface area contributed by atoms with Crippen molar-refractivity contribution in [3.8, 4) is 28.7 Å². The lowest BCUT2D eigenvalue weighted by Crippen LogP contribution is -2.11. The highest BCUT2D eigenvalue weighted by atomic mass is 16.3. The van der Waals surface area contributed by atoms with E-state index in [-0.39, 0.29) is 17.3 Å².